The molecule has 1 fully saturated rings. The summed E-state index contributed by atoms with van der Waals surface area (Å²) in [6.07, 6.45) is 6.60. The number of hydrogen-bond acceptors (Lipinski definition) is 3. The Balaban J connectivity index is 1.78. The summed E-state index contributed by atoms with van der Waals surface area (Å²) in [6.45, 7) is 7.52. The zero-order valence-corrected chi connectivity index (χ0v) is 11.2. The van der Waals surface area contributed by atoms with Gasteiger partial charge in [-0.2, -0.15) is 5.10 Å². The van der Waals surface area contributed by atoms with Crippen molar-refractivity contribution < 1.29 is 0 Å². The van der Waals surface area contributed by atoms with E-state index < -0.39 is 0 Å². The van der Waals surface area contributed by atoms with Gasteiger partial charge in [0.05, 0.1) is 6.20 Å². The van der Waals surface area contributed by atoms with Gasteiger partial charge in [0.25, 0.3) is 0 Å². The van der Waals surface area contributed by atoms with E-state index in [2.05, 4.69) is 42.4 Å². The van der Waals surface area contributed by atoms with Crippen molar-refractivity contribution in [1.29, 1.82) is 0 Å². The van der Waals surface area contributed by atoms with Gasteiger partial charge in [-0.15, -0.1) is 0 Å². The van der Waals surface area contributed by atoms with Crippen LogP contribution in [0.2, 0.25) is 0 Å². The number of nitrogens with one attached hydrogen (secondary N) is 1. The van der Waals surface area contributed by atoms with Crippen LogP contribution in [0.25, 0.3) is 0 Å². The first-order valence-corrected chi connectivity index (χ1v) is 6.64. The summed E-state index contributed by atoms with van der Waals surface area (Å²) in [7, 11) is 2.21. The van der Waals surface area contributed by atoms with E-state index in [1.54, 1.807) is 0 Å². The van der Waals surface area contributed by atoms with Crippen molar-refractivity contribution in [3.05, 3.63) is 18.0 Å². The van der Waals surface area contributed by atoms with Gasteiger partial charge < -0.3 is 10.2 Å². The molecule has 0 spiro atoms. The third kappa shape index (κ3) is 3.30. The van der Waals surface area contributed by atoms with Gasteiger partial charge in [-0.25, -0.2) is 0 Å². The minimum Gasteiger partial charge on any atom is -0.310 e. The van der Waals surface area contributed by atoms with Crippen LogP contribution in [0.4, 0.5) is 0 Å². The summed E-state index contributed by atoms with van der Waals surface area (Å²) in [5.74, 6) is 0. The summed E-state index contributed by atoms with van der Waals surface area (Å²) in [6, 6.07) is 1.35. The Morgan fingerprint density at radius 3 is 3.00 bits per heavy atom. The highest BCUT2D eigenvalue weighted by molar-refractivity contribution is 5.03. The number of piperidine rings is 1. The van der Waals surface area contributed by atoms with Crippen molar-refractivity contribution in [2.75, 3.05) is 13.6 Å². The molecule has 1 aromatic rings. The SMILES string of the molecule is CCn1cc(CNC2CCN(C)C(C)C2)cn1. The molecule has 2 unspecified atom stereocenters. The molecule has 4 nitrogen and oxygen atoms in total. The van der Waals surface area contributed by atoms with Crippen LogP contribution in [0.15, 0.2) is 12.4 Å². The van der Waals surface area contributed by atoms with Crippen molar-refractivity contribution in [1.82, 2.24) is 20.0 Å². The Morgan fingerprint density at radius 2 is 2.35 bits per heavy atom. The second kappa shape index (κ2) is 5.65. The summed E-state index contributed by atoms with van der Waals surface area (Å²) in [4.78, 5) is 2.44. The highest BCUT2D eigenvalue weighted by Crippen LogP contribution is 2.15. The van der Waals surface area contributed by atoms with E-state index in [-0.39, 0.29) is 0 Å². The van der Waals surface area contributed by atoms with Gasteiger partial charge in [0.1, 0.15) is 0 Å². The molecule has 0 radical (unpaired) electrons. The smallest absolute Gasteiger partial charge is 0.0534 e. The Bertz CT molecular complexity index is 347. The molecular weight excluding hydrogens is 212 g/mol. The van der Waals surface area contributed by atoms with E-state index in [9.17, 15) is 0 Å². The number of nitrogens with zero attached hydrogens (tertiary/aromatic N) is 3. The van der Waals surface area contributed by atoms with E-state index >= 15 is 0 Å². The minimum atomic E-state index is 0.658. The molecule has 17 heavy (non-hydrogen) atoms. The number of aryl methyl sites for hydroxylation is 1. The molecule has 4 heteroatoms. The Kier molecular flexibility index (Phi) is 4.18. The minimum absolute atomic E-state index is 0.658. The van der Waals surface area contributed by atoms with Crippen LogP contribution < -0.4 is 5.32 Å². The zero-order valence-electron chi connectivity index (χ0n) is 11.2. The molecule has 2 rings (SSSR count). The lowest BCUT2D eigenvalue weighted by atomic mass is 9.99. The molecule has 96 valence electrons. The molecule has 0 bridgehead atoms. The van der Waals surface area contributed by atoms with Gasteiger partial charge in [-0.3, -0.25) is 4.68 Å². The van der Waals surface area contributed by atoms with Gasteiger partial charge in [-0.05, 0) is 40.3 Å². The summed E-state index contributed by atoms with van der Waals surface area (Å²) in [5, 5.41) is 7.94. The predicted molar refractivity (Wildman–Crippen MR) is 69.9 cm³/mol. The number of likely N-dealkylation sites (tertiary alicyclic amines) is 1. The Hall–Kier alpha value is -0.870. The average Bonchev–Trinajstić information content (AvgIpc) is 2.79. The molecule has 0 aliphatic carbocycles. The molecule has 2 heterocycles. The Morgan fingerprint density at radius 1 is 1.53 bits per heavy atom. The van der Waals surface area contributed by atoms with Crippen LogP contribution in [0.3, 0.4) is 0 Å². The van der Waals surface area contributed by atoms with Gasteiger partial charge in [0.15, 0.2) is 0 Å². The largest absolute Gasteiger partial charge is 0.310 e. The molecule has 0 aromatic carbocycles. The standard InChI is InChI=1S/C13H24N4/c1-4-17-10-12(9-15-17)8-14-13-5-6-16(3)11(2)7-13/h9-11,13-14H,4-8H2,1-3H3. The van der Waals surface area contributed by atoms with E-state index in [1.807, 2.05) is 10.9 Å². The normalized spacial score (nSPS) is 26.3. The van der Waals surface area contributed by atoms with E-state index in [0.29, 0.717) is 12.1 Å². The maximum atomic E-state index is 4.29. The molecule has 1 saturated heterocycles. The fraction of sp³-hybridized carbons (Fsp3) is 0.769. The first kappa shape index (κ1) is 12.6. The molecule has 1 aliphatic heterocycles. The van der Waals surface area contributed by atoms with Gasteiger partial charge in [-0.1, -0.05) is 0 Å². The highest BCUT2D eigenvalue weighted by atomic mass is 15.3. The third-order valence-corrected chi connectivity index (χ3v) is 3.81. The zero-order chi connectivity index (χ0) is 12.3. The predicted octanol–water partition coefficient (Wildman–Crippen LogP) is 1.48. The maximum absolute atomic E-state index is 4.29. The van der Waals surface area contributed by atoms with Crippen LogP contribution in [0.5, 0.6) is 0 Å². The lowest BCUT2D eigenvalue weighted by molar-refractivity contribution is 0.168. The first-order chi connectivity index (χ1) is 8.19. The fourth-order valence-electron chi connectivity index (χ4n) is 2.41. The second-order valence-corrected chi connectivity index (χ2v) is 5.14. The molecule has 2 atom stereocenters. The number of aromatic nitrogens is 2. The monoisotopic (exact) mass is 236 g/mol. The van der Waals surface area contributed by atoms with Gasteiger partial charge in [0.2, 0.25) is 0 Å². The summed E-state index contributed by atoms with van der Waals surface area (Å²) < 4.78 is 1.98. The first-order valence-electron chi connectivity index (χ1n) is 6.64. The van der Waals surface area contributed by atoms with Crippen LogP contribution in [0.1, 0.15) is 32.3 Å². The third-order valence-electron chi connectivity index (χ3n) is 3.81. The molecular formula is C13H24N4. The molecule has 0 saturated carbocycles. The molecule has 1 aliphatic rings. The topological polar surface area (TPSA) is 33.1 Å². The number of hydrogen-bond donors (Lipinski definition) is 1. The van der Waals surface area contributed by atoms with E-state index in [0.717, 1.165) is 13.1 Å². The second-order valence-electron chi connectivity index (χ2n) is 5.14. The summed E-state index contributed by atoms with van der Waals surface area (Å²) in [5.41, 5.74) is 1.29. The van der Waals surface area contributed by atoms with E-state index in [1.165, 1.54) is 24.9 Å². The maximum Gasteiger partial charge on any atom is 0.0534 e. The quantitative estimate of drug-likeness (QED) is 0.859. The lowest BCUT2D eigenvalue weighted by Crippen LogP contribution is -2.45. The molecule has 1 aromatic heterocycles. The summed E-state index contributed by atoms with van der Waals surface area (Å²) >= 11 is 0. The van der Waals surface area contributed by atoms with Crippen molar-refractivity contribution in [2.45, 2.75) is 51.9 Å². The fourth-order valence-corrected chi connectivity index (χ4v) is 2.41. The van der Waals surface area contributed by atoms with Crippen molar-refractivity contribution >= 4 is 0 Å². The number of rotatable bonds is 4. The van der Waals surface area contributed by atoms with E-state index in [4.69, 9.17) is 0 Å². The lowest BCUT2D eigenvalue weighted by Gasteiger charge is -2.35. The van der Waals surface area contributed by atoms with Crippen molar-refractivity contribution in [3.8, 4) is 0 Å². The van der Waals surface area contributed by atoms with Crippen molar-refractivity contribution in [3.63, 3.8) is 0 Å². The van der Waals surface area contributed by atoms with Crippen LogP contribution in [-0.4, -0.2) is 40.4 Å². The molecule has 1 N–H and O–H groups in total. The van der Waals surface area contributed by atoms with Gasteiger partial charge >= 0.3 is 0 Å². The molecule has 0 amide bonds. The Labute approximate surface area is 104 Å². The van der Waals surface area contributed by atoms with Crippen molar-refractivity contribution in [2.24, 2.45) is 0 Å². The van der Waals surface area contributed by atoms with Gasteiger partial charge in [0, 0.05) is 36.9 Å². The average molecular weight is 236 g/mol. The van der Waals surface area contributed by atoms with Crippen LogP contribution in [-0.2, 0) is 13.1 Å². The van der Waals surface area contributed by atoms with Crippen LogP contribution >= 0.6 is 0 Å². The highest BCUT2D eigenvalue weighted by Gasteiger charge is 2.22. The van der Waals surface area contributed by atoms with Crippen LogP contribution in [0, 0.1) is 0 Å².